The quantitative estimate of drug-likeness (QED) is 0.532. The maximum absolute atomic E-state index is 11.6. The third-order valence-electron chi connectivity index (χ3n) is 3.34. The van der Waals surface area contributed by atoms with Gasteiger partial charge in [-0.3, -0.25) is 0 Å². The van der Waals surface area contributed by atoms with Crippen LogP contribution in [-0.2, 0) is 0 Å². The maximum atomic E-state index is 11.6. The Labute approximate surface area is 133 Å². The molecule has 0 aliphatic carbocycles. The summed E-state index contributed by atoms with van der Waals surface area (Å²) in [6.45, 7) is 4.35. The number of aryl methyl sites for hydroxylation is 1. The molecule has 1 aromatic carbocycles. The van der Waals surface area contributed by atoms with E-state index in [9.17, 15) is 4.79 Å². The fourth-order valence-electron chi connectivity index (χ4n) is 2.01. The molecule has 0 bridgehead atoms. The molecule has 0 unspecified atom stereocenters. The van der Waals surface area contributed by atoms with Crippen LogP contribution in [0.25, 0.3) is 0 Å². The van der Waals surface area contributed by atoms with Gasteiger partial charge in [0.2, 0.25) is 0 Å². The van der Waals surface area contributed by atoms with Gasteiger partial charge in [0, 0.05) is 24.7 Å². The van der Waals surface area contributed by atoms with Crippen molar-refractivity contribution in [3.8, 4) is 0 Å². The number of carbonyl (C=O) groups is 1. The highest BCUT2D eigenvalue weighted by Crippen LogP contribution is 2.26. The summed E-state index contributed by atoms with van der Waals surface area (Å²) in [5, 5.41) is 2.88. The Morgan fingerprint density at radius 2 is 1.90 bits per heavy atom. The van der Waals surface area contributed by atoms with E-state index in [-0.39, 0.29) is 6.03 Å². The van der Waals surface area contributed by atoms with Crippen molar-refractivity contribution in [1.29, 1.82) is 0 Å². The van der Waals surface area contributed by atoms with Crippen LogP contribution in [0.5, 0.6) is 0 Å². The molecule has 0 atom stereocenters. The molecular formula is C17H28N2OS. The van der Waals surface area contributed by atoms with Crippen LogP contribution in [0, 0.1) is 6.92 Å². The first-order chi connectivity index (χ1) is 10.0. The Hall–Kier alpha value is -1.16. The number of nitrogens with zero attached hydrogens (tertiary/aromatic N) is 1. The second-order valence-corrected chi connectivity index (χ2v) is 6.70. The van der Waals surface area contributed by atoms with Crippen LogP contribution in [-0.4, -0.2) is 30.8 Å². The summed E-state index contributed by atoms with van der Waals surface area (Å²) in [7, 11) is 3.48. The van der Waals surface area contributed by atoms with Crippen LogP contribution in [0.15, 0.2) is 23.1 Å². The average molecular weight is 308 g/mol. The summed E-state index contributed by atoms with van der Waals surface area (Å²) in [5.41, 5.74) is 2.09. The van der Waals surface area contributed by atoms with E-state index in [0.29, 0.717) is 0 Å². The Morgan fingerprint density at radius 1 is 1.19 bits per heavy atom. The molecular weight excluding hydrogens is 280 g/mol. The maximum Gasteiger partial charge on any atom is 0.321 e. The molecule has 3 nitrogen and oxygen atoms in total. The summed E-state index contributed by atoms with van der Waals surface area (Å²) in [4.78, 5) is 14.5. The highest BCUT2D eigenvalue weighted by molar-refractivity contribution is 7.99. The molecule has 0 saturated heterocycles. The number of amides is 2. The number of unbranched alkanes of at least 4 members (excludes halogenated alkanes) is 4. The molecule has 0 saturated carbocycles. The monoisotopic (exact) mass is 308 g/mol. The van der Waals surface area contributed by atoms with Gasteiger partial charge >= 0.3 is 6.03 Å². The zero-order valence-electron chi connectivity index (χ0n) is 13.7. The molecule has 0 fully saturated rings. The van der Waals surface area contributed by atoms with E-state index in [1.165, 1.54) is 53.2 Å². The first kappa shape index (κ1) is 17.9. The third kappa shape index (κ3) is 6.89. The Morgan fingerprint density at radius 3 is 2.52 bits per heavy atom. The number of hydrogen-bond acceptors (Lipinski definition) is 2. The van der Waals surface area contributed by atoms with Gasteiger partial charge in [0.25, 0.3) is 0 Å². The molecule has 0 aliphatic heterocycles. The second-order valence-electron chi connectivity index (χ2n) is 5.57. The van der Waals surface area contributed by atoms with Crippen molar-refractivity contribution in [3.63, 3.8) is 0 Å². The van der Waals surface area contributed by atoms with Crippen molar-refractivity contribution in [2.75, 3.05) is 25.2 Å². The van der Waals surface area contributed by atoms with Gasteiger partial charge < -0.3 is 10.2 Å². The van der Waals surface area contributed by atoms with Gasteiger partial charge in [-0.2, -0.15) is 0 Å². The number of carbonyl (C=O) groups excluding carboxylic acids is 1. The molecule has 21 heavy (non-hydrogen) atoms. The van der Waals surface area contributed by atoms with Gasteiger partial charge in [-0.15, -0.1) is 11.8 Å². The Balaban J connectivity index is 2.41. The summed E-state index contributed by atoms with van der Waals surface area (Å²) in [6, 6.07) is 6.04. The SMILES string of the molecule is CCCCCCCSc1ccc(NC(=O)N(C)C)cc1C. The van der Waals surface area contributed by atoms with Crippen molar-refractivity contribution in [3.05, 3.63) is 23.8 Å². The first-order valence-corrected chi connectivity index (χ1v) is 8.75. The van der Waals surface area contributed by atoms with Crippen molar-refractivity contribution in [1.82, 2.24) is 4.90 Å². The number of thioether (sulfide) groups is 1. The lowest BCUT2D eigenvalue weighted by Crippen LogP contribution is -2.27. The number of benzene rings is 1. The molecule has 1 rings (SSSR count). The number of rotatable bonds is 8. The summed E-state index contributed by atoms with van der Waals surface area (Å²) >= 11 is 1.92. The van der Waals surface area contributed by atoms with Crippen LogP contribution in [0.3, 0.4) is 0 Å². The molecule has 1 aromatic rings. The van der Waals surface area contributed by atoms with Gasteiger partial charge in [-0.05, 0) is 42.9 Å². The number of hydrogen-bond donors (Lipinski definition) is 1. The topological polar surface area (TPSA) is 32.3 Å². The predicted octanol–water partition coefficient (Wildman–Crippen LogP) is 5.15. The summed E-state index contributed by atoms with van der Waals surface area (Å²) in [5.74, 6) is 1.17. The average Bonchev–Trinajstić information content (AvgIpc) is 2.44. The van der Waals surface area contributed by atoms with E-state index in [2.05, 4.69) is 25.2 Å². The van der Waals surface area contributed by atoms with Crippen molar-refractivity contribution < 1.29 is 4.79 Å². The summed E-state index contributed by atoms with van der Waals surface area (Å²) in [6.07, 6.45) is 6.61. The fraction of sp³-hybridized carbons (Fsp3) is 0.588. The molecule has 0 radical (unpaired) electrons. The number of anilines is 1. The van der Waals surface area contributed by atoms with Gasteiger partial charge in [-0.25, -0.2) is 4.79 Å². The zero-order chi connectivity index (χ0) is 15.7. The third-order valence-corrected chi connectivity index (χ3v) is 4.60. The molecule has 4 heteroatoms. The number of nitrogens with one attached hydrogen (secondary N) is 1. The molecule has 0 aliphatic rings. The van der Waals surface area contributed by atoms with Crippen molar-refractivity contribution in [2.24, 2.45) is 0 Å². The second kappa shape index (κ2) is 9.72. The van der Waals surface area contributed by atoms with Crippen LogP contribution >= 0.6 is 11.8 Å². The minimum atomic E-state index is -0.0919. The van der Waals surface area contributed by atoms with Gasteiger partial charge in [0.05, 0.1) is 0 Å². The molecule has 0 spiro atoms. The minimum Gasteiger partial charge on any atom is -0.331 e. The largest absolute Gasteiger partial charge is 0.331 e. The first-order valence-electron chi connectivity index (χ1n) is 7.76. The molecule has 118 valence electrons. The number of urea groups is 1. The van der Waals surface area contributed by atoms with Crippen molar-refractivity contribution in [2.45, 2.75) is 50.8 Å². The molecule has 0 aromatic heterocycles. The van der Waals surface area contributed by atoms with E-state index in [1.807, 2.05) is 23.9 Å². The molecule has 1 N–H and O–H groups in total. The van der Waals surface area contributed by atoms with Crippen LogP contribution in [0.1, 0.15) is 44.6 Å². The predicted molar refractivity (Wildman–Crippen MR) is 93.4 cm³/mol. The van der Waals surface area contributed by atoms with E-state index >= 15 is 0 Å². The van der Waals surface area contributed by atoms with Gasteiger partial charge in [0.1, 0.15) is 0 Å². The lowest BCUT2D eigenvalue weighted by Gasteiger charge is -2.13. The lowest BCUT2D eigenvalue weighted by atomic mass is 10.2. The van der Waals surface area contributed by atoms with E-state index < -0.39 is 0 Å². The fourth-order valence-corrected chi connectivity index (χ4v) is 3.03. The van der Waals surface area contributed by atoms with E-state index in [1.54, 1.807) is 14.1 Å². The molecule has 2 amide bonds. The van der Waals surface area contributed by atoms with E-state index in [4.69, 9.17) is 0 Å². The minimum absolute atomic E-state index is 0.0919. The molecule has 0 heterocycles. The van der Waals surface area contributed by atoms with E-state index in [0.717, 1.165) is 5.69 Å². The smallest absolute Gasteiger partial charge is 0.321 e. The summed E-state index contributed by atoms with van der Waals surface area (Å²) < 4.78 is 0. The Kier molecular flexibility index (Phi) is 8.28. The Bertz CT molecular complexity index is 446. The standard InChI is InChI=1S/C17H28N2OS/c1-5-6-7-8-9-12-21-16-11-10-15(13-14(16)2)18-17(20)19(3)4/h10-11,13H,5-9,12H2,1-4H3,(H,18,20). The van der Waals surface area contributed by atoms with Crippen LogP contribution in [0.2, 0.25) is 0 Å². The lowest BCUT2D eigenvalue weighted by molar-refractivity contribution is 0.230. The highest BCUT2D eigenvalue weighted by atomic mass is 32.2. The van der Waals surface area contributed by atoms with Gasteiger partial charge in [-0.1, -0.05) is 32.6 Å². The van der Waals surface area contributed by atoms with Crippen molar-refractivity contribution >= 4 is 23.5 Å². The zero-order valence-corrected chi connectivity index (χ0v) is 14.6. The normalized spacial score (nSPS) is 10.5. The van der Waals surface area contributed by atoms with Crippen LogP contribution in [0.4, 0.5) is 10.5 Å². The van der Waals surface area contributed by atoms with Crippen LogP contribution < -0.4 is 5.32 Å². The van der Waals surface area contributed by atoms with Gasteiger partial charge in [0.15, 0.2) is 0 Å². The highest BCUT2D eigenvalue weighted by Gasteiger charge is 2.06.